The number of Topliss-reactive ketones (excluding diaryl/α,β-unsaturated/α-hetero) is 1. The fraction of sp³-hybridized carbons (Fsp3) is 0.167. The zero-order valence-electron chi connectivity index (χ0n) is 13.2. The maximum absolute atomic E-state index is 11.8. The molecule has 0 aliphatic heterocycles. The minimum Gasteiger partial charge on any atom is -0.457 e. The van der Waals surface area contributed by atoms with E-state index in [0.29, 0.717) is 17.1 Å². The quantitative estimate of drug-likeness (QED) is 0.494. The van der Waals surface area contributed by atoms with Crippen LogP contribution in [0.15, 0.2) is 46.4 Å². The largest absolute Gasteiger partial charge is 0.457 e. The van der Waals surface area contributed by atoms with Crippen molar-refractivity contribution in [1.29, 1.82) is 5.26 Å². The molecule has 116 valence electrons. The van der Waals surface area contributed by atoms with Gasteiger partial charge in [-0.3, -0.25) is 9.59 Å². The number of hydrogen-bond acceptors (Lipinski definition) is 4. The number of likely N-dealkylation sites (N-methyl/N-ethyl adjacent to an activating group) is 1. The second-order valence-electron chi connectivity index (χ2n) is 5.20. The summed E-state index contributed by atoms with van der Waals surface area (Å²) in [7, 11) is 3.16. The van der Waals surface area contributed by atoms with Crippen LogP contribution in [0.4, 0.5) is 0 Å². The van der Waals surface area contributed by atoms with Crippen molar-refractivity contribution < 1.29 is 14.0 Å². The van der Waals surface area contributed by atoms with Crippen LogP contribution in [0.1, 0.15) is 23.0 Å². The number of carbonyl (C=O) groups is 2. The Morgan fingerprint density at radius 2 is 1.78 bits per heavy atom. The standard InChI is InChI=1S/C18H16N2O3/c1-12(21)13-4-6-14(7-5-13)17-9-8-16(23-17)10-15(11-19)18(22)20(2)3/h4-10H,1-3H3/b15-10+. The lowest BCUT2D eigenvalue weighted by molar-refractivity contribution is -0.124. The SMILES string of the molecule is CC(=O)c1ccc(-c2ccc(/C=C(\C#N)C(=O)N(C)C)o2)cc1. The fourth-order valence-corrected chi connectivity index (χ4v) is 1.98. The number of benzene rings is 1. The van der Waals surface area contributed by atoms with Crippen molar-refractivity contribution in [2.75, 3.05) is 14.1 Å². The highest BCUT2D eigenvalue weighted by Crippen LogP contribution is 2.24. The van der Waals surface area contributed by atoms with Gasteiger partial charge in [-0.05, 0) is 19.1 Å². The minimum absolute atomic E-state index is 0.000442. The third kappa shape index (κ3) is 3.74. The molecule has 0 atom stereocenters. The van der Waals surface area contributed by atoms with Gasteiger partial charge < -0.3 is 9.32 Å². The average Bonchev–Trinajstić information content (AvgIpc) is 3.00. The first-order chi connectivity index (χ1) is 10.9. The average molecular weight is 308 g/mol. The molecule has 0 N–H and O–H groups in total. The Hall–Kier alpha value is -3.13. The van der Waals surface area contributed by atoms with Gasteiger partial charge in [-0.15, -0.1) is 0 Å². The van der Waals surface area contributed by atoms with Crippen LogP contribution in [0.25, 0.3) is 17.4 Å². The van der Waals surface area contributed by atoms with Crippen molar-refractivity contribution >= 4 is 17.8 Å². The Morgan fingerprint density at radius 1 is 1.13 bits per heavy atom. The molecule has 2 aromatic rings. The minimum atomic E-state index is -0.378. The van der Waals surface area contributed by atoms with E-state index in [1.54, 1.807) is 50.5 Å². The summed E-state index contributed by atoms with van der Waals surface area (Å²) in [6.07, 6.45) is 1.41. The van der Waals surface area contributed by atoms with Crippen molar-refractivity contribution in [3.63, 3.8) is 0 Å². The topological polar surface area (TPSA) is 74.3 Å². The van der Waals surface area contributed by atoms with E-state index in [1.807, 2.05) is 6.07 Å². The van der Waals surface area contributed by atoms with Gasteiger partial charge in [0.1, 0.15) is 23.2 Å². The number of rotatable bonds is 4. The highest BCUT2D eigenvalue weighted by atomic mass is 16.3. The van der Waals surface area contributed by atoms with Gasteiger partial charge in [0, 0.05) is 31.3 Å². The molecule has 1 aromatic carbocycles. The Bertz CT molecular complexity index is 806. The Morgan fingerprint density at radius 3 is 2.30 bits per heavy atom. The van der Waals surface area contributed by atoms with Crippen LogP contribution >= 0.6 is 0 Å². The molecule has 1 amide bonds. The smallest absolute Gasteiger partial charge is 0.264 e. The van der Waals surface area contributed by atoms with Crippen LogP contribution in [-0.4, -0.2) is 30.7 Å². The molecule has 1 heterocycles. The third-order valence-electron chi connectivity index (χ3n) is 3.25. The van der Waals surface area contributed by atoms with E-state index in [0.717, 1.165) is 5.56 Å². The summed E-state index contributed by atoms with van der Waals surface area (Å²) < 4.78 is 5.65. The zero-order valence-corrected chi connectivity index (χ0v) is 13.2. The summed E-state index contributed by atoms with van der Waals surface area (Å²) in [4.78, 5) is 24.4. The number of amides is 1. The monoisotopic (exact) mass is 308 g/mol. The third-order valence-corrected chi connectivity index (χ3v) is 3.25. The maximum atomic E-state index is 11.8. The molecule has 0 fully saturated rings. The van der Waals surface area contributed by atoms with Gasteiger partial charge in [0.25, 0.3) is 5.91 Å². The van der Waals surface area contributed by atoms with Crippen molar-refractivity contribution in [1.82, 2.24) is 4.90 Å². The first-order valence-corrected chi connectivity index (χ1v) is 6.97. The van der Waals surface area contributed by atoms with Crippen LogP contribution in [-0.2, 0) is 4.79 Å². The molecule has 0 bridgehead atoms. The van der Waals surface area contributed by atoms with Crippen molar-refractivity contribution in [3.8, 4) is 17.4 Å². The van der Waals surface area contributed by atoms with Gasteiger partial charge in [0.15, 0.2) is 5.78 Å². The second-order valence-corrected chi connectivity index (χ2v) is 5.20. The van der Waals surface area contributed by atoms with E-state index in [2.05, 4.69) is 0 Å². The lowest BCUT2D eigenvalue weighted by Gasteiger charge is -2.07. The van der Waals surface area contributed by atoms with E-state index < -0.39 is 0 Å². The van der Waals surface area contributed by atoms with Gasteiger partial charge in [-0.25, -0.2) is 0 Å². The van der Waals surface area contributed by atoms with Crippen LogP contribution < -0.4 is 0 Å². The maximum Gasteiger partial charge on any atom is 0.264 e. The van der Waals surface area contributed by atoms with Gasteiger partial charge in [0.05, 0.1) is 0 Å². The van der Waals surface area contributed by atoms with Gasteiger partial charge in [-0.1, -0.05) is 24.3 Å². The van der Waals surface area contributed by atoms with Crippen molar-refractivity contribution in [2.24, 2.45) is 0 Å². The highest BCUT2D eigenvalue weighted by molar-refractivity contribution is 6.01. The molecular weight excluding hydrogens is 292 g/mol. The zero-order chi connectivity index (χ0) is 17.0. The lowest BCUT2D eigenvalue weighted by Crippen LogP contribution is -2.22. The summed E-state index contributed by atoms with van der Waals surface area (Å²) in [5, 5.41) is 9.07. The molecule has 0 saturated heterocycles. The van der Waals surface area contributed by atoms with Crippen molar-refractivity contribution in [2.45, 2.75) is 6.92 Å². The lowest BCUT2D eigenvalue weighted by atomic mass is 10.1. The van der Waals surface area contributed by atoms with Crippen LogP contribution in [0.3, 0.4) is 0 Å². The highest BCUT2D eigenvalue weighted by Gasteiger charge is 2.12. The molecule has 0 radical (unpaired) electrons. The normalized spacial score (nSPS) is 11.0. The molecule has 5 heteroatoms. The number of nitrogens with zero attached hydrogens (tertiary/aromatic N) is 2. The van der Waals surface area contributed by atoms with Gasteiger partial charge >= 0.3 is 0 Å². The molecule has 0 aliphatic carbocycles. The van der Waals surface area contributed by atoms with E-state index in [-0.39, 0.29) is 17.3 Å². The molecule has 2 rings (SSSR count). The molecular formula is C18H16N2O3. The molecule has 1 aromatic heterocycles. The van der Waals surface area contributed by atoms with E-state index in [4.69, 9.17) is 9.68 Å². The van der Waals surface area contributed by atoms with E-state index in [9.17, 15) is 9.59 Å². The second kappa shape index (κ2) is 6.75. The van der Waals surface area contributed by atoms with E-state index in [1.165, 1.54) is 17.9 Å². The molecule has 0 aliphatic rings. The summed E-state index contributed by atoms with van der Waals surface area (Å²) in [5.41, 5.74) is 1.44. The Kier molecular flexibility index (Phi) is 4.77. The Labute approximate surface area is 134 Å². The first kappa shape index (κ1) is 16.2. The molecule has 5 nitrogen and oxygen atoms in total. The number of furan rings is 1. The molecule has 0 saturated carbocycles. The first-order valence-electron chi connectivity index (χ1n) is 6.97. The summed E-state index contributed by atoms with van der Waals surface area (Å²) >= 11 is 0. The van der Waals surface area contributed by atoms with Crippen LogP contribution in [0, 0.1) is 11.3 Å². The summed E-state index contributed by atoms with van der Waals surface area (Å²) in [6, 6.07) is 12.4. The fourth-order valence-electron chi connectivity index (χ4n) is 1.98. The van der Waals surface area contributed by atoms with Crippen LogP contribution in [0.5, 0.6) is 0 Å². The predicted octanol–water partition coefficient (Wildman–Crippen LogP) is 3.14. The van der Waals surface area contributed by atoms with Crippen molar-refractivity contribution in [3.05, 3.63) is 53.3 Å². The number of nitriles is 1. The number of ketones is 1. The molecule has 0 unspecified atom stereocenters. The van der Waals surface area contributed by atoms with Crippen LogP contribution in [0.2, 0.25) is 0 Å². The summed E-state index contributed by atoms with van der Waals surface area (Å²) in [6.45, 7) is 1.51. The number of hydrogen-bond donors (Lipinski definition) is 0. The molecule has 0 spiro atoms. The summed E-state index contributed by atoms with van der Waals surface area (Å²) in [5.74, 6) is 0.639. The number of carbonyl (C=O) groups excluding carboxylic acids is 2. The predicted molar refractivity (Wildman–Crippen MR) is 86.4 cm³/mol. The van der Waals surface area contributed by atoms with Gasteiger partial charge in [-0.2, -0.15) is 5.26 Å². The van der Waals surface area contributed by atoms with E-state index >= 15 is 0 Å². The van der Waals surface area contributed by atoms with Gasteiger partial charge in [0.2, 0.25) is 0 Å². The molecule has 23 heavy (non-hydrogen) atoms. The Balaban J connectivity index is 2.28.